The molecule has 5 heteroatoms. The lowest BCUT2D eigenvalue weighted by atomic mass is 9.95. The topological polar surface area (TPSA) is 60.4 Å². The molecule has 1 aliphatic rings. The molecule has 0 radical (unpaired) electrons. The molecule has 1 aliphatic heterocycles. The van der Waals surface area contributed by atoms with Gasteiger partial charge >= 0.3 is 0 Å². The number of imidazole rings is 1. The van der Waals surface area contributed by atoms with Gasteiger partial charge in [0.1, 0.15) is 11.3 Å². The number of aromatic nitrogens is 2. The summed E-state index contributed by atoms with van der Waals surface area (Å²) < 4.78 is 12.9. The molecule has 0 saturated heterocycles. The number of hydrogen-bond donors (Lipinski definition) is 1. The Morgan fingerprint density at radius 1 is 1.23 bits per heavy atom. The van der Waals surface area contributed by atoms with Crippen LogP contribution in [0.25, 0.3) is 22.2 Å². The van der Waals surface area contributed by atoms with E-state index in [1.807, 2.05) is 42.9 Å². The summed E-state index contributed by atoms with van der Waals surface area (Å²) in [6.45, 7) is 0. The van der Waals surface area contributed by atoms with Crippen LogP contribution in [-0.2, 0) is 0 Å². The summed E-state index contributed by atoms with van der Waals surface area (Å²) in [5, 5.41) is 11.9. The van der Waals surface area contributed by atoms with Gasteiger partial charge in [-0.3, -0.25) is 0 Å². The second kappa shape index (κ2) is 5.75. The minimum Gasteiger partial charge on any atom is -0.497 e. The molecule has 130 valence electrons. The van der Waals surface area contributed by atoms with Crippen molar-refractivity contribution in [2.24, 2.45) is 0 Å². The molecule has 0 aliphatic carbocycles. The first kappa shape index (κ1) is 15.2. The third kappa shape index (κ3) is 2.24. The Labute approximate surface area is 150 Å². The van der Waals surface area contributed by atoms with Crippen LogP contribution in [0.3, 0.4) is 0 Å². The number of hydrogen-bond acceptors (Lipinski definition) is 4. The van der Waals surface area contributed by atoms with Gasteiger partial charge in [0.25, 0.3) is 0 Å². The van der Waals surface area contributed by atoms with Gasteiger partial charge in [0.15, 0.2) is 0 Å². The standard InChI is InChI=1S/C21H18N2O3/c1-25-15-3-4-16-17(9-15)18(23-12-22-11-19(16)23)10-20(24)13-2-5-21-14(8-13)6-7-26-21/h2-9,11-12,18,20,24H,10H2,1H3. The quantitative estimate of drug-likeness (QED) is 0.597. The summed E-state index contributed by atoms with van der Waals surface area (Å²) in [4.78, 5) is 4.29. The molecule has 0 amide bonds. The highest BCUT2D eigenvalue weighted by Crippen LogP contribution is 2.44. The number of furan rings is 1. The van der Waals surface area contributed by atoms with Crippen LogP contribution < -0.4 is 4.74 Å². The van der Waals surface area contributed by atoms with Gasteiger partial charge in [-0.1, -0.05) is 6.07 Å². The zero-order valence-corrected chi connectivity index (χ0v) is 14.3. The highest BCUT2D eigenvalue weighted by molar-refractivity contribution is 5.77. The van der Waals surface area contributed by atoms with Gasteiger partial charge in [-0.25, -0.2) is 4.98 Å². The van der Waals surface area contributed by atoms with E-state index in [1.165, 1.54) is 0 Å². The van der Waals surface area contributed by atoms with Crippen molar-refractivity contribution in [2.75, 3.05) is 7.11 Å². The molecule has 2 atom stereocenters. The zero-order valence-electron chi connectivity index (χ0n) is 14.3. The van der Waals surface area contributed by atoms with Gasteiger partial charge < -0.3 is 18.8 Å². The summed E-state index contributed by atoms with van der Waals surface area (Å²) in [5.74, 6) is 0.821. The first-order valence-corrected chi connectivity index (χ1v) is 8.60. The minimum absolute atomic E-state index is 0.0210. The molecular weight excluding hydrogens is 328 g/mol. The second-order valence-corrected chi connectivity index (χ2v) is 6.62. The monoisotopic (exact) mass is 346 g/mol. The lowest BCUT2D eigenvalue weighted by Gasteiger charge is -2.19. The Bertz CT molecular complexity index is 1100. The van der Waals surface area contributed by atoms with E-state index >= 15 is 0 Å². The third-order valence-corrected chi connectivity index (χ3v) is 5.20. The Kier molecular flexibility index (Phi) is 3.36. The van der Waals surface area contributed by atoms with Crippen LogP contribution in [0.4, 0.5) is 0 Å². The molecule has 0 fully saturated rings. The van der Waals surface area contributed by atoms with Crippen molar-refractivity contribution in [1.29, 1.82) is 0 Å². The van der Waals surface area contributed by atoms with Crippen LogP contribution in [-0.4, -0.2) is 21.8 Å². The van der Waals surface area contributed by atoms with E-state index in [1.54, 1.807) is 13.4 Å². The number of rotatable bonds is 4. The molecule has 3 heterocycles. The number of nitrogens with zero attached hydrogens (tertiary/aromatic N) is 2. The number of methoxy groups -OCH3 is 1. The largest absolute Gasteiger partial charge is 0.497 e. The summed E-state index contributed by atoms with van der Waals surface area (Å²) in [5.41, 5.74) is 5.09. The van der Waals surface area contributed by atoms with Crippen LogP contribution in [0, 0.1) is 0 Å². The average Bonchev–Trinajstić information content (AvgIpc) is 3.38. The van der Waals surface area contributed by atoms with Gasteiger partial charge in [-0.05, 0) is 47.5 Å². The van der Waals surface area contributed by atoms with Crippen molar-refractivity contribution in [1.82, 2.24) is 9.55 Å². The van der Waals surface area contributed by atoms with E-state index in [0.29, 0.717) is 6.42 Å². The van der Waals surface area contributed by atoms with E-state index in [2.05, 4.69) is 21.7 Å². The second-order valence-electron chi connectivity index (χ2n) is 6.62. The van der Waals surface area contributed by atoms with Crippen LogP contribution in [0.5, 0.6) is 5.75 Å². The summed E-state index contributed by atoms with van der Waals surface area (Å²) in [6.07, 6.45) is 5.34. The summed E-state index contributed by atoms with van der Waals surface area (Å²) in [7, 11) is 1.67. The molecule has 1 N–H and O–H groups in total. The van der Waals surface area contributed by atoms with Crippen molar-refractivity contribution in [3.8, 4) is 17.0 Å². The Morgan fingerprint density at radius 2 is 2.15 bits per heavy atom. The predicted octanol–water partition coefficient (Wildman–Crippen LogP) is 4.33. The molecule has 2 aromatic heterocycles. The number of benzene rings is 2. The number of aliphatic hydroxyl groups excluding tert-OH is 1. The Hall–Kier alpha value is -3.05. The van der Waals surface area contributed by atoms with E-state index in [-0.39, 0.29) is 6.04 Å². The average molecular weight is 346 g/mol. The first-order chi connectivity index (χ1) is 12.7. The fourth-order valence-electron chi connectivity index (χ4n) is 3.87. The maximum Gasteiger partial charge on any atom is 0.133 e. The van der Waals surface area contributed by atoms with E-state index in [9.17, 15) is 5.11 Å². The molecule has 5 nitrogen and oxygen atoms in total. The molecule has 2 aromatic carbocycles. The first-order valence-electron chi connectivity index (χ1n) is 8.60. The van der Waals surface area contributed by atoms with Gasteiger partial charge in [0.2, 0.25) is 0 Å². The van der Waals surface area contributed by atoms with Crippen molar-refractivity contribution >= 4 is 11.0 Å². The fraction of sp³-hybridized carbons (Fsp3) is 0.190. The Balaban J connectivity index is 1.51. The fourth-order valence-corrected chi connectivity index (χ4v) is 3.87. The molecule has 5 rings (SSSR count). The highest BCUT2D eigenvalue weighted by atomic mass is 16.5. The van der Waals surface area contributed by atoms with E-state index in [0.717, 1.165) is 39.1 Å². The minimum atomic E-state index is -0.591. The number of ether oxygens (including phenoxy) is 1. The molecule has 2 unspecified atom stereocenters. The predicted molar refractivity (Wildman–Crippen MR) is 98.1 cm³/mol. The van der Waals surface area contributed by atoms with Crippen LogP contribution in [0.1, 0.15) is 29.7 Å². The van der Waals surface area contributed by atoms with Gasteiger partial charge in [-0.15, -0.1) is 0 Å². The third-order valence-electron chi connectivity index (χ3n) is 5.20. The molecule has 0 saturated carbocycles. The van der Waals surface area contributed by atoms with Crippen molar-refractivity contribution < 1.29 is 14.3 Å². The van der Waals surface area contributed by atoms with Crippen molar-refractivity contribution in [3.05, 3.63) is 72.4 Å². The van der Waals surface area contributed by atoms with Crippen LogP contribution >= 0.6 is 0 Å². The molecular formula is C21H18N2O3. The molecule has 26 heavy (non-hydrogen) atoms. The smallest absolute Gasteiger partial charge is 0.133 e. The highest BCUT2D eigenvalue weighted by Gasteiger charge is 2.31. The van der Waals surface area contributed by atoms with Crippen LogP contribution in [0.15, 0.2) is 65.7 Å². The SMILES string of the molecule is COc1ccc2c(c1)C(CC(O)c1ccc3occc3c1)n1cncc1-2. The summed E-state index contributed by atoms with van der Waals surface area (Å²) >= 11 is 0. The van der Waals surface area contributed by atoms with Crippen LogP contribution in [0.2, 0.25) is 0 Å². The van der Waals surface area contributed by atoms with Crippen molar-refractivity contribution in [3.63, 3.8) is 0 Å². The lowest BCUT2D eigenvalue weighted by molar-refractivity contribution is 0.154. The van der Waals surface area contributed by atoms with Gasteiger partial charge in [0, 0.05) is 17.4 Å². The normalized spacial score (nSPS) is 16.5. The summed E-state index contributed by atoms with van der Waals surface area (Å²) in [6, 6.07) is 13.8. The molecule has 0 bridgehead atoms. The molecule has 4 aromatic rings. The number of fused-ring (bicyclic) bond motifs is 4. The molecule has 0 spiro atoms. The lowest BCUT2D eigenvalue weighted by Crippen LogP contribution is -2.10. The van der Waals surface area contributed by atoms with Gasteiger partial charge in [-0.2, -0.15) is 0 Å². The van der Waals surface area contributed by atoms with E-state index in [4.69, 9.17) is 9.15 Å². The Morgan fingerprint density at radius 3 is 3.04 bits per heavy atom. The number of aliphatic hydroxyl groups is 1. The van der Waals surface area contributed by atoms with Gasteiger partial charge in [0.05, 0.1) is 43.7 Å². The van der Waals surface area contributed by atoms with Crippen molar-refractivity contribution in [2.45, 2.75) is 18.6 Å². The zero-order chi connectivity index (χ0) is 17.7. The van der Waals surface area contributed by atoms with E-state index < -0.39 is 6.10 Å². The maximum atomic E-state index is 10.9. The maximum absolute atomic E-state index is 10.9.